The average molecular weight is 371 g/mol. The standard InChI is InChI=1S/C6H5Br.C5H5N.Cl2O2S/c7-6-4-2-1-3-5-6;1-2-4-6-5-3-1;1-5(2,3)4/h1-5H;1-5H;. The number of benzene rings is 1. The number of nitrogens with zero attached hydrogens (tertiary/aromatic N) is 1. The van der Waals surface area contributed by atoms with Gasteiger partial charge in [-0.3, -0.25) is 4.98 Å². The summed E-state index contributed by atoms with van der Waals surface area (Å²) in [6, 6.07) is 15.7. The molecule has 0 atom stereocenters. The van der Waals surface area contributed by atoms with Crippen LogP contribution in [0.2, 0.25) is 0 Å². The summed E-state index contributed by atoms with van der Waals surface area (Å²) >= 11 is 3.31. The van der Waals surface area contributed by atoms with Gasteiger partial charge >= 0.3 is 8.26 Å². The molecule has 1 aromatic carbocycles. The van der Waals surface area contributed by atoms with E-state index >= 15 is 0 Å². The maximum absolute atomic E-state index is 9.16. The maximum Gasteiger partial charge on any atom is 0.317 e. The Kier molecular flexibility index (Phi) is 9.96. The van der Waals surface area contributed by atoms with Crippen molar-refractivity contribution in [2.75, 3.05) is 0 Å². The Labute approximate surface area is 124 Å². The van der Waals surface area contributed by atoms with Gasteiger partial charge in [0.05, 0.1) is 0 Å². The van der Waals surface area contributed by atoms with Gasteiger partial charge in [0.25, 0.3) is 0 Å². The number of halogens is 3. The van der Waals surface area contributed by atoms with Gasteiger partial charge in [-0.25, -0.2) is 0 Å². The SMILES string of the molecule is Brc1ccccc1.O=S(=O)(Cl)Cl.c1ccncc1. The van der Waals surface area contributed by atoms with Crippen LogP contribution >= 0.6 is 37.3 Å². The predicted octanol–water partition coefficient (Wildman–Crippen LogP) is 4.24. The molecule has 98 valence electrons. The van der Waals surface area contributed by atoms with Crippen LogP contribution in [-0.2, 0) is 8.26 Å². The molecule has 0 aliphatic heterocycles. The number of rotatable bonds is 0. The van der Waals surface area contributed by atoms with Crippen molar-refractivity contribution in [3.05, 3.63) is 65.4 Å². The number of hydrogen-bond acceptors (Lipinski definition) is 3. The summed E-state index contributed by atoms with van der Waals surface area (Å²) < 4.78 is 19.5. The van der Waals surface area contributed by atoms with E-state index in [4.69, 9.17) is 8.42 Å². The second-order valence-electron chi connectivity index (χ2n) is 2.70. The summed E-state index contributed by atoms with van der Waals surface area (Å²) in [6.45, 7) is 0. The zero-order valence-electron chi connectivity index (χ0n) is 9.08. The van der Waals surface area contributed by atoms with E-state index in [1.54, 1.807) is 12.4 Å². The molecule has 0 bridgehead atoms. The van der Waals surface area contributed by atoms with Crippen molar-refractivity contribution in [3.63, 3.8) is 0 Å². The van der Waals surface area contributed by atoms with Crippen molar-refractivity contribution < 1.29 is 8.42 Å². The van der Waals surface area contributed by atoms with Crippen LogP contribution in [0.4, 0.5) is 0 Å². The number of pyridine rings is 1. The summed E-state index contributed by atoms with van der Waals surface area (Å²) in [6.07, 6.45) is 3.50. The molecule has 0 aliphatic rings. The molecule has 1 aromatic heterocycles. The summed E-state index contributed by atoms with van der Waals surface area (Å²) in [4.78, 5) is 3.78. The van der Waals surface area contributed by atoms with E-state index in [2.05, 4.69) is 42.3 Å². The first kappa shape index (κ1) is 17.4. The minimum Gasteiger partial charge on any atom is -0.265 e. The highest BCUT2D eigenvalue weighted by Crippen LogP contribution is 2.05. The van der Waals surface area contributed by atoms with Gasteiger partial charge in [-0.2, -0.15) is 8.42 Å². The Hall–Kier alpha value is -0.620. The predicted molar refractivity (Wildman–Crippen MR) is 79.0 cm³/mol. The molecule has 0 saturated carbocycles. The van der Waals surface area contributed by atoms with Crippen LogP contribution in [0.3, 0.4) is 0 Å². The van der Waals surface area contributed by atoms with E-state index in [1.165, 1.54) is 0 Å². The van der Waals surface area contributed by atoms with Gasteiger partial charge in [0.15, 0.2) is 0 Å². The van der Waals surface area contributed by atoms with Crippen molar-refractivity contribution in [1.29, 1.82) is 0 Å². The van der Waals surface area contributed by atoms with Crippen LogP contribution in [0.15, 0.2) is 65.4 Å². The molecule has 1 heterocycles. The Morgan fingerprint density at radius 2 is 1.28 bits per heavy atom. The Bertz CT molecular complexity index is 474. The zero-order chi connectivity index (χ0) is 13.9. The molecule has 0 radical (unpaired) electrons. The summed E-state index contributed by atoms with van der Waals surface area (Å²) in [5.74, 6) is 0. The van der Waals surface area contributed by atoms with Crippen LogP contribution in [0, 0.1) is 0 Å². The summed E-state index contributed by atoms with van der Waals surface area (Å²) in [5.41, 5.74) is 0. The van der Waals surface area contributed by atoms with Gasteiger partial charge in [-0.15, -0.1) is 0 Å². The molecule has 18 heavy (non-hydrogen) atoms. The van der Waals surface area contributed by atoms with Crippen LogP contribution in [-0.4, -0.2) is 13.4 Å². The summed E-state index contributed by atoms with van der Waals surface area (Å²) in [7, 11) is 4.81. The second kappa shape index (κ2) is 10.3. The Morgan fingerprint density at radius 3 is 1.44 bits per heavy atom. The lowest BCUT2D eigenvalue weighted by Gasteiger charge is -1.80. The second-order valence-corrected chi connectivity index (χ2v) is 7.28. The molecule has 0 amide bonds. The normalized spacial score (nSPS) is 9.28. The Balaban J connectivity index is 0.000000245. The molecule has 0 unspecified atom stereocenters. The first-order valence-electron chi connectivity index (χ1n) is 4.59. The molecule has 0 aliphatic carbocycles. The molecule has 7 heteroatoms. The van der Waals surface area contributed by atoms with E-state index in [0.29, 0.717) is 0 Å². The average Bonchev–Trinajstić information content (AvgIpc) is 2.31. The minimum atomic E-state index is -3.72. The van der Waals surface area contributed by atoms with Crippen LogP contribution in [0.1, 0.15) is 0 Å². The van der Waals surface area contributed by atoms with Crippen LogP contribution in [0.5, 0.6) is 0 Å². The molecular formula is C11H10BrCl2NO2S. The Morgan fingerprint density at radius 1 is 0.889 bits per heavy atom. The molecule has 2 aromatic rings. The smallest absolute Gasteiger partial charge is 0.265 e. The third-order valence-electron chi connectivity index (χ3n) is 1.30. The van der Waals surface area contributed by atoms with Crippen molar-refractivity contribution in [2.45, 2.75) is 0 Å². The molecule has 0 spiro atoms. The topological polar surface area (TPSA) is 47.0 Å². The van der Waals surface area contributed by atoms with Gasteiger partial charge in [0.1, 0.15) is 0 Å². The highest BCUT2D eigenvalue weighted by atomic mass is 79.9. The van der Waals surface area contributed by atoms with E-state index in [1.807, 2.05) is 48.5 Å². The highest BCUT2D eigenvalue weighted by molar-refractivity contribution is 9.10. The lowest BCUT2D eigenvalue weighted by Crippen LogP contribution is -1.63. The van der Waals surface area contributed by atoms with Gasteiger partial charge < -0.3 is 0 Å². The fourth-order valence-electron chi connectivity index (χ4n) is 0.727. The first-order chi connectivity index (χ1) is 8.39. The zero-order valence-corrected chi connectivity index (χ0v) is 13.0. The van der Waals surface area contributed by atoms with Crippen molar-refractivity contribution in [3.8, 4) is 0 Å². The maximum atomic E-state index is 9.16. The van der Waals surface area contributed by atoms with E-state index < -0.39 is 8.26 Å². The molecule has 3 nitrogen and oxygen atoms in total. The van der Waals surface area contributed by atoms with E-state index in [-0.39, 0.29) is 0 Å². The fraction of sp³-hybridized carbons (Fsp3) is 0. The largest absolute Gasteiger partial charge is 0.317 e. The molecule has 0 saturated heterocycles. The monoisotopic (exact) mass is 369 g/mol. The summed E-state index contributed by atoms with van der Waals surface area (Å²) in [5, 5.41) is 0. The third kappa shape index (κ3) is 17.8. The number of aromatic nitrogens is 1. The van der Waals surface area contributed by atoms with Crippen molar-refractivity contribution in [1.82, 2.24) is 4.98 Å². The fourth-order valence-corrected chi connectivity index (χ4v) is 1.03. The van der Waals surface area contributed by atoms with Crippen LogP contribution in [0.25, 0.3) is 0 Å². The molecule has 0 fully saturated rings. The molecule has 2 rings (SSSR count). The third-order valence-corrected chi connectivity index (χ3v) is 1.83. The molecular weight excluding hydrogens is 361 g/mol. The van der Waals surface area contributed by atoms with Crippen LogP contribution < -0.4 is 0 Å². The van der Waals surface area contributed by atoms with Gasteiger partial charge in [0.2, 0.25) is 0 Å². The van der Waals surface area contributed by atoms with Gasteiger partial charge in [0, 0.05) is 38.2 Å². The first-order valence-corrected chi connectivity index (χ1v) is 8.52. The van der Waals surface area contributed by atoms with Crippen molar-refractivity contribution >= 4 is 45.6 Å². The van der Waals surface area contributed by atoms with Crippen molar-refractivity contribution in [2.24, 2.45) is 0 Å². The lowest BCUT2D eigenvalue weighted by molar-refractivity contribution is 0.621. The van der Waals surface area contributed by atoms with Gasteiger partial charge in [-0.1, -0.05) is 40.2 Å². The van der Waals surface area contributed by atoms with Gasteiger partial charge in [-0.05, 0) is 24.3 Å². The number of hydrogen-bond donors (Lipinski definition) is 0. The molecule has 0 N–H and O–H groups in total. The van der Waals surface area contributed by atoms with E-state index in [0.717, 1.165) is 4.47 Å². The minimum absolute atomic E-state index is 1.13. The quantitative estimate of drug-likeness (QED) is 0.651. The van der Waals surface area contributed by atoms with E-state index in [9.17, 15) is 0 Å². The lowest BCUT2D eigenvalue weighted by atomic mass is 10.4. The highest BCUT2D eigenvalue weighted by Gasteiger charge is 1.88.